The molecular weight excluding hydrogens is 385 g/mol. The van der Waals surface area contributed by atoms with Crippen LogP contribution in [0.25, 0.3) is 0 Å². The van der Waals surface area contributed by atoms with Crippen LogP contribution in [0.3, 0.4) is 0 Å². The summed E-state index contributed by atoms with van der Waals surface area (Å²) in [6.45, 7) is 0. The molecule has 0 saturated carbocycles. The normalized spacial score (nSPS) is 12.5. The lowest BCUT2D eigenvalue weighted by Gasteiger charge is -2.12. The lowest BCUT2D eigenvalue weighted by molar-refractivity contribution is 0.440. The Morgan fingerprint density at radius 3 is 2.16 bits per heavy atom. The van der Waals surface area contributed by atoms with Crippen molar-refractivity contribution in [3.8, 4) is 0 Å². The summed E-state index contributed by atoms with van der Waals surface area (Å²) in [5.74, 6) is -3.75. The van der Waals surface area contributed by atoms with Crippen molar-refractivity contribution in [1.29, 1.82) is 0 Å². The van der Waals surface area contributed by atoms with E-state index in [1.165, 1.54) is 6.07 Å². The minimum absolute atomic E-state index is 0.113. The Kier molecular flexibility index (Phi) is 4.68. The molecule has 0 aliphatic carbocycles. The maximum Gasteiger partial charge on any atom is 0.194 e. The molecule has 100 valence electrons. The van der Waals surface area contributed by atoms with Crippen molar-refractivity contribution in [3.05, 3.63) is 69.4 Å². The third-order valence-electron chi connectivity index (χ3n) is 2.73. The summed E-state index contributed by atoms with van der Waals surface area (Å²) in [4.78, 5) is -0.413. The van der Waals surface area contributed by atoms with E-state index in [1.54, 1.807) is 0 Å². The van der Waals surface area contributed by atoms with E-state index in [0.717, 1.165) is 16.1 Å². The average Bonchev–Trinajstić information content (AvgIpc) is 2.39. The van der Waals surface area contributed by atoms with Crippen LogP contribution in [0, 0.1) is 17.5 Å². The monoisotopic (exact) mass is 392 g/mol. The van der Waals surface area contributed by atoms with Crippen molar-refractivity contribution in [1.82, 2.24) is 0 Å². The molecule has 0 N–H and O–H groups in total. The Labute approximate surface area is 125 Å². The highest BCUT2D eigenvalue weighted by Crippen LogP contribution is 2.31. The average molecular weight is 394 g/mol. The quantitative estimate of drug-likeness (QED) is 0.474. The van der Waals surface area contributed by atoms with Crippen molar-refractivity contribution < 1.29 is 13.2 Å². The standard InChI is InChI=1S/C14H9Br2F3/c15-9-3-1-8(2-4-9)7-11(16)10-5-6-12(17)14(19)13(10)18/h1-6,11H,7H2. The molecule has 19 heavy (non-hydrogen) atoms. The molecule has 0 fully saturated rings. The number of halogens is 5. The molecule has 2 aromatic carbocycles. The minimum atomic E-state index is -1.43. The highest BCUT2D eigenvalue weighted by molar-refractivity contribution is 9.10. The highest BCUT2D eigenvalue weighted by Gasteiger charge is 2.19. The largest absolute Gasteiger partial charge is 0.204 e. The number of rotatable bonds is 3. The van der Waals surface area contributed by atoms with Crippen LogP contribution in [0.1, 0.15) is 16.0 Å². The Balaban J connectivity index is 2.23. The van der Waals surface area contributed by atoms with Gasteiger partial charge in [-0.2, -0.15) is 0 Å². The zero-order chi connectivity index (χ0) is 14.0. The SMILES string of the molecule is Fc1ccc(C(Br)Cc2ccc(Br)cc2)c(F)c1F. The molecule has 0 nitrogen and oxygen atoms in total. The van der Waals surface area contributed by atoms with E-state index >= 15 is 0 Å². The van der Waals surface area contributed by atoms with Gasteiger partial charge in [0.1, 0.15) is 0 Å². The lowest BCUT2D eigenvalue weighted by Crippen LogP contribution is -2.02. The number of hydrogen-bond acceptors (Lipinski definition) is 0. The molecule has 0 radical (unpaired) electrons. The number of alkyl halides is 1. The summed E-state index contributed by atoms with van der Waals surface area (Å²) in [6, 6.07) is 9.70. The van der Waals surface area contributed by atoms with Crippen LogP contribution >= 0.6 is 31.9 Å². The lowest BCUT2D eigenvalue weighted by atomic mass is 10.0. The van der Waals surface area contributed by atoms with Crippen LogP contribution in [-0.2, 0) is 6.42 Å². The smallest absolute Gasteiger partial charge is 0.194 e. The van der Waals surface area contributed by atoms with Crippen molar-refractivity contribution in [2.75, 3.05) is 0 Å². The van der Waals surface area contributed by atoms with Crippen LogP contribution in [0.2, 0.25) is 0 Å². The van der Waals surface area contributed by atoms with Gasteiger partial charge in [0.15, 0.2) is 17.5 Å². The Hall–Kier alpha value is -0.810. The first-order valence-electron chi connectivity index (χ1n) is 5.51. The molecule has 0 aliphatic heterocycles. The van der Waals surface area contributed by atoms with Gasteiger partial charge in [0.2, 0.25) is 0 Å². The zero-order valence-electron chi connectivity index (χ0n) is 9.64. The first-order chi connectivity index (χ1) is 8.99. The summed E-state index contributed by atoms with van der Waals surface area (Å²) in [5.41, 5.74) is 1.08. The molecule has 2 aromatic rings. The van der Waals surface area contributed by atoms with Crippen LogP contribution in [0.4, 0.5) is 13.2 Å². The van der Waals surface area contributed by atoms with Crippen LogP contribution in [0.15, 0.2) is 40.9 Å². The molecule has 0 aromatic heterocycles. The molecule has 1 atom stereocenters. The first-order valence-corrected chi connectivity index (χ1v) is 7.22. The maximum absolute atomic E-state index is 13.6. The highest BCUT2D eigenvalue weighted by atomic mass is 79.9. The van der Waals surface area contributed by atoms with E-state index < -0.39 is 22.3 Å². The Morgan fingerprint density at radius 1 is 0.895 bits per heavy atom. The van der Waals surface area contributed by atoms with Gasteiger partial charge in [-0.25, -0.2) is 13.2 Å². The van der Waals surface area contributed by atoms with E-state index in [4.69, 9.17) is 0 Å². The van der Waals surface area contributed by atoms with Crippen molar-refractivity contribution in [3.63, 3.8) is 0 Å². The van der Waals surface area contributed by atoms with Gasteiger partial charge < -0.3 is 0 Å². The van der Waals surface area contributed by atoms with Gasteiger partial charge >= 0.3 is 0 Å². The topological polar surface area (TPSA) is 0 Å². The van der Waals surface area contributed by atoms with Crippen molar-refractivity contribution in [2.24, 2.45) is 0 Å². The summed E-state index contributed by atoms with van der Waals surface area (Å²) >= 11 is 6.63. The molecule has 0 aliphatic rings. The van der Waals surface area contributed by atoms with Crippen LogP contribution in [0.5, 0.6) is 0 Å². The number of hydrogen-bond donors (Lipinski definition) is 0. The fraction of sp³-hybridized carbons (Fsp3) is 0.143. The van der Waals surface area contributed by atoms with Gasteiger partial charge in [0.05, 0.1) is 0 Å². The predicted molar refractivity (Wildman–Crippen MR) is 75.8 cm³/mol. The fourth-order valence-electron chi connectivity index (χ4n) is 1.72. The van der Waals surface area contributed by atoms with E-state index in [0.29, 0.717) is 6.42 Å². The van der Waals surface area contributed by atoms with Gasteiger partial charge in [0, 0.05) is 14.9 Å². The molecule has 0 heterocycles. The second-order valence-electron chi connectivity index (χ2n) is 4.06. The molecule has 0 bridgehead atoms. The summed E-state index contributed by atoms with van der Waals surface area (Å²) in [5, 5.41) is 0. The van der Waals surface area contributed by atoms with Gasteiger partial charge in [-0.15, -0.1) is 0 Å². The second kappa shape index (κ2) is 6.09. The molecule has 5 heteroatoms. The van der Waals surface area contributed by atoms with E-state index in [-0.39, 0.29) is 5.56 Å². The molecule has 2 rings (SSSR count). The Bertz CT molecular complexity index is 582. The van der Waals surface area contributed by atoms with Crippen LogP contribution < -0.4 is 0 Å². The Morgan fingerprint density at radius 2 is 1.53 bits per heavy atom. The fourth-order valence-corrected chi connectivity index (χ4v) is 2.71. The van der Waals surface area contributed by atoms with E-state index in [2.05, 4.69) is 31.9 Å². The maximum atomic E-state index is 13.6. The summed E-state index contributed by atoms with van der Waals surface area (Å²) in [6.07, 6.45) is 0.481. The predicted octanol–water partition coefficient (Wildman–Crippen LogP) is 5.55. The van der Waals surface area contributed by atoms with Crippen molar-refractivity contribution >= 4 is 31.9 Å². The molecule has 0 amide bonds. The summed E-state index contributed by atoms with van der Waals surface area (Å²) < 4.78 is 40.6. The van der Waals surface area contributed by atoms with Gasteiger partial charge in [-0.3, -0.25) is 0 Å². The minimum Gasteiger partial charge on any atom is -0.204 e. The molecule has 0 saturated heterocycles. The molecule has 1 unspecified atom stereocenters. The second-order valence-corrected chi connectivity index (χ2v) is 6.08. The number of benzene rings is 2. The van der Waals surface area contributed by atoms with Crippen molar-refractivity contribution in [2.45, 2.75) is 11.2 Å². The summed E-state index contributed by atoms with van der Waals surface area (Å²) in [7, 11) is 0. The molecular formula is C14H9Br2F3. The first kappa shape index (κ1) is 14.6. The van der Waals surface area contributed by atoms with Gasteiger partial charge in [0.25, 0.3) is 0 Å². The zero-order valence-corrected chi connectivity index (χ0v) is 12.8. The van der Waals surface area contributed by atoms with Gasteiger partial charge in [-0.05, 0) is 30.2 Å². The van der Waals surface area contributed by atoms with Gasteiger partial charge in [-0.1, -0.05) is 50.1 Å². The van der Waals surface area contributed by atoms with E-state index in [1.807, 2.05) is 24.3 Å². The van der Waals surface area contributed by atoms with Crippen LogP contribution in [-0.4, -0.2) is 0 Å². The van der Waals surface area contributed by atoms with E-state index in [9.17, 15) is 13.2 Å². The third-order valence-corrected chi connectivity index (χ3v) is 4.08. The molecule has 0 spiro atoms. The third kappa shape index (κ3) is 3.39.